The molecule has 1 aliphatic carbocycles. The van der Waals surface area contributed by atoms with Crippen LogP contribution in [0.1, 0.15) is 31.2 Å². The standard InChI is InChI=1S/C21H26N2O3.ClH/c22-18(14-15-6-2-1-3-7-15)21(25)23-16-10-12-17(13-11-16)26-20-9-5-4-8-19(20)24;/h1-3,6-7,10-13,18-20,24H,4-5,8-9,14,22H2,(H,23,25);1H. The second kappa shape index (κ2) is 10.3. The van der Waals surface area contributed by atoms with Crippen molar-refractivity contribution in [2.75, 3.05) is 5.32 Å². The van der Waals surface area contributed by atoms with E-state index in [1.807, 2.05) is 30.3 Å². The number of benzene rings is 2. The smallest absolute Gasteiger partial charge is 0.241 e. The molecule has 0 spiro atoms. The molecule has 146 valence electrons. The normalized spacial score (nSPS) is 20.2. The molecule has 3 atom stereocenters. The summed E-state index contributed by atoms with van der Waals surface area (Å²) in [6, 6.07) is 16.3. The predicted molar refractivity (Wildman–Crippen MR) is 109 cm³/mol. The zero-order valence-electron chi connectivity index (χ0n) is 15.2. The van der Waals surface area contributed by atoms with Crippen LogP contribution in [0.15, 0.2) is 54.6 Å². The number of amides is 1. The molecule has 1 aliphatic rings. The van der Waals surface area contributed by atoms with Crippen molar-refractivity contribution in [2.24, 2.45) is 5.73 Å². The van der Waals surface area contributed by atoms with E-state index in [1.165, 1.54) is 0 Å². The molecule has 2 aromatic rings. The Balaban J connectivity index is 0.00000261. The maximum Gasteiger partial charge on any atom is 0.241 e. The van der Waals surface area contributed by atoms with E-state index in [1.54, 1.807) is 24.3 Å². The largest absolute Gasteiger partial charge is 0.488 e. The zero-order chi connectivity index (χ0) is 18.4. The lowest BCUT2D eigenvalue weighted by Crippen LogP contribution is -2.37. The van der Waals surface area contributed by atoms with Crippen LogP contribution in [0.5, 0.6) is 5.75 Å². The van der Waals surface area contributed by atoms with Gasteiger partial charge in [0.05, 0.1) is 12.1 Å². The fraction of sp³-hybridized carbons (Fsp3) is 0.381. The minimum atomic E-state index is -0.606. The Morgan fingerprint density at radius 3 is 2.44 bits per heavy atom. The average Bonchev–Trinajstić information content (AvgIpc) is 2.66. The number of nitrogens with two attached hydrogens (primary N) is 1. The van der Waals surface area contributed by atoms with Crippen LogP contribution in [0.4, 0.5) is 5.69 Å². The molecule has 0 radical (unpaired) electrons. The average molecular weight is 391 g/mol. The highest BCUT2D eigenvalue weighted by Gasteiger charge is 2.24. The Kier molecular flexibility index (Phi) is 8.10. The molecule has 1 amide bonds. The third-order valence-corrected chi connectivity index (χ3v) is 4.71. The lowest BCUT2D eigenvalue weighted by molar-refractivity contribution is -0.117. The van der Waals surface area contributed by atoms with Gasteiger partial charge >= 0.3 is 0 Å². The lowest BCUT2D eigenvalue weighted by atomic mass is 9.95. The van der Waals surface area contributed by atoms with Gasteiger partial charge in [-0.25, -0.2) is 0 Å². The quantitative estimate of drug-likeness (QED) is 0.706. The van der Waals surface area contributed by atoms with Gasteiger partial charge < -0.3 is 20.9 Å². The van der Waals surface area contributed by atoms with Gasteiger partial charge in [0, 0.05) is 5.69 Å². The topological polar surface area (TPSA) is 84.6 Å². The Hall–Kier alpha value is -2.08. The van der Waals surface area contributed by atoms with Crippen molar-refractivity contribution < 1.29 is 14.6 Å². The highest BCUT2D eigenvalue weighted by atomic mass is 35.5. The number of aliphatic hydroxyl groups is 1. The van der Waals surface area contributed by atoms with Gasteiger partial charge in [-0.1, -0.05) is 36.8 Å². The summed E-state index contributed by atoms with van der Waals surface area (Å²) in [4.78, 5) is 12.3. The SMILES string of the molecule is Cl.NC(Cc1ccccc1)C(=O)Nc1ccc(OC2CCCCC2O)cc1. The van der Waals surface area contributed by atoms with Gasteiger partial charge in [0.25, 0.3) is 0 Å². The third kappa shape index (κ3) is 6.24. The number of carbonyl (C=O) groups is 1. The summed E-state index contributed by atoms with van der Waals surface area (Å²) in [5, 5.41) is 12.8. The Labute approximate surface area is 166 Å². The summed E-state index contributed by atoms with van der Waals surface area (Å²) in [6.07, 6.45) is 3.73. The maximum atomic E-state index is 12.3. The van der Waals surface area contributed by atoms with E-state index in [0.717, 1.165) is 31.2 Å². The molecule has 1 fully saturated rings. The zero-order valence-corrected chi connectivity index (χ0v) is 16.0. The lowest BCUT2D eigenvalue weighted by Gasteiger charge is -2.28. The molecule has 0 aliphatic heterocycles. The molecular weight excluding hydrogens is 364 g/mol. The second-order valence-corrected chi connectivity index (χ2v) is 6.82. The van der Waals surface area contributed by atoms with E-state index in [2.05, 4.69) is 5.32 Å². The summed E-state index contributed by atoms with van der Waals surface area (Å²) in [6.45, 7) is 0. The number of rotatable bonds is 6. The van der Waals surface area contributed by atoms with Crippen LogP contribution >= 0.6 is 12.4 Å². The number of hydrogen-bond donors (Lipinski definition) is 3. The second-order valence-electron chi connectivity index (χ2n) is 6.82. The molecule has 2 aromatic carbocycles. The molecule has 5 nitrogen and oxygen atoms in total. The summed E-state index contributed by atoms with van der Waals surface area (Å²) in [5.74, 6) is 0.479. The van der Waals surface area contributed by atoms with Crippen LogP contribution in [0.2, 0.25) is 0 Å². The van der Waals surface area contributed by atoms with Crippen molar-refractivity contribution in [1.82, 2.24) is 0 Å². The van der Waals surface area contributed by atoms with E-state index in [-0.39, 0.29) is 24.4 Å². The van der Waals surface area contributed by atoms with Crippen LogP contribution in [0, 0.1) is 0 Å². The molecule has 6 heteroatoms. The number of aliphatic hydroxyl groups excluding tert-OH is 1. The number of anilines is 1. The van der Waals surface area contributed by atoms with E-state index in [9.17, 15) is 9.90 Å². The minimum Gasteiger partial charge on any atom is -0.488 e. The Morgan fingerprint density at radius 1 is 1.11 bits per heavy atom. The van der Waals surface area contributed by atoms with Crippen LogP contribution in [-0.2, 0) is 11.2 Å². The summed E-state index contributed by atoms with van der Waals surface area (Å²) in [7, 11) is 0. The van der Waals surface area contributed by atoms with Gasteiger partial charge in [-0.05, 0) is 55.5 Å². The number of halogens is 1. The van der Waals surface area contributed by atoms with Crippen molar-refractivity contribution in [2.45, 2.75) is 50.4 Å². The highest BCUT2D eigenvalue weighted by molar-refractivity contribution is 5.94. The summed E-state index contributed by atoms with van der Waals surface area (Å²) < 4.78 is 5.87. The number of hydrogen-bond acceptors (Lipinski definition) is 4. The van der Waals surface area contributed by atoms with Crippen molar-refractivity contribution in [3.05, 3.63) is 60.2 Å². The van der Waals surface area contributed by atoms with E-state index < -0.39 is 12.1 Å². The van der Waals surface area contributed by atoms with Crippen molar-refractivity contribution in [3.8, 4) is 5.75 Å². The van der Waals surface area contributed by atoms with Gasteiger partial charge in [0.1, 0.15) is 11.9 Å². The first-order valence-electron chi connectivity index (χ1n) is 9.17. The molecule has 0 aromatic heterocycles. The molecule has 1 saturated carbocycles. The molecule has 4 N–H and O–H groups in total. The Bertz CT molecular complexity index is 709. The molecule has 27 heavy (non-hydrogen) atoms. The summed E-state index contributed by atoms with van der Waals surface area (Å²) in [5.41, 5.74) is 7.71. The minimum absolute atomic E-state index is 0. The molecule has 3 rings (SSSR count). The first kappa shape index (κ1) is 21.2. The van der Waals surface area contributed by atoms with Gasteiger partial charge in [0.15, 0.2) is 0 Å². The van der Waals surface area contributed by atoms with Crippen LogP contribution in [0.3, 0.4) is 0 Å². The maximum absolute atomic E-state index is 12.3. The van der Waals surface area contributed by atoms with Gasteiger partial charge in [-0.3, -0.25) is 4.79 Å². The number of carbonyl (C=O) groups excluding carboxylic acids is 1. The van der Waals surface area contributed by atoms with E-state index >= 15 is 0 Å². The first-order valence-corrected chi connectivity index (χ1v) is 9.17. The van der Waals surface area contributed by atoms with E-state index in [4.69, 9.17) is 10.5 Å². The fourth-order valence-corrected chi connectivity index (χ4v) is 3.20. The fourth-order valence-electron chi connectivity index (χ4n) is 3.20. The van der Waals surface area contributed by atoms with Gasteiger partial charge in [0.2, 0.25) is 5.91 Å². The number of ether oxygens (including phenoxy) is 1. The van der Waals surface area contributed by atoms with Crippen LogP contribution < -0.4 is 15.8 Å². The van der Waals surface area contributed by atoms with E-state index in [0.29, 0.717) is 17.9 Å². The highest BCUT2D eigenvalue weighted by Crippen LogP contribution is 2.25. The summed E-state index contributed by atoms with van der Waals surface area (Å²) >= 11 is 0. The molecule has 0 heterocycles. The van der Waals surface area contributed by atoms with Crippen molar-refractivity contribution >= 4 is 24.0 Å². The van der Waals surface area contributed by atoms with Crippen LogP contribution in [-0.4, -0.2) is 29.3 Å². The molecule has 0 saturated heterocycles. The molecule has 3 unspecified atom stereocenters. The van der Waals surface area contributed by atoms with Gasteiger partial charge in [-0.2, -0.15) is 0 Å². The monoisotopic (exact) mass is 390 g/mol. The van der Waals surface area contributed by atoms with Gasteiger partial charge in [-0.15, -0.1) is 12.4 Å². The third-order valence-electron chi connectivity index (χ3n) is 4.71. The molecule has 0 bridgehead atoms. The number of nitrogens with one attached hydrogen (secondary N) is 1. The molecular formula is C21H27ClN2O3. The first-order chi connectivity index (χ1) is 12.6. The predicted octanol–water partition coefficient (Wildman–Crippen LogP) is 3.30. The Morgan fingerprint density at radius 2 is 1.78 bits per heavy atom. The van der Waals surface area contributed by atoms with Crippen molar-refractivity contribution in [1.29, 1.82) is 0 Å². The van der Waals surface area contributed by atoms with Crippen LogP contribution in [0.25, 0.3) is 0 Å². The van der Waals surface area contributed by atoms with Crippen molar-refractivity contribution in [3.63, 3.8) is 0 Å².